The quantitative estimate of drug-likeness (QED) is 0.624. The van der Waals surface area contributed by atoms with Crippen molar-refractivity contribution in [1.82, 2.24) is 5.01 Å². The van der Waals surface area contributed by atoms with E-state index in [0.717, 1.165) is 0 Å². The smallest absolute Gasteiger partial charge is 0.322 e. The number of rotatable bonds is 4. The minimum Gasteiger partial charge on any atom is -0.480 e. The number of aliphatic carboxylic acids is 1. The zero-order valence-corrected chi connectivity index (χ0v) is 9.54. The Bertz CT molecular complexity index is 261. The molecule has 1 aliphatic rings. The summed E-state index contributed by atoms with van der Waals surface area (Å²) in [4.78, 5) is 10.7. The van der Waals surface area contributed by atoms with Crippen molar-refractivity contribution in [3.05, 3.63) is 0 Å². The molecule has 1 rings (SSSR count). The second kappa shape index (κ2) is 6.12. The molecule has 8 heteroatoms. The van der Waals surface area contributed by atoms with Crippen molar-refractivity contribution in [2.75, 3.05) is 13.1 Å². The van der Waals surface area contributed by atoms with E-state index in [-0.39, 0.29) is 18.4 Å². The van der Waals surface area contributed by atoms with Crippen LogP contribution in [0, 0.1) is 0 Å². The summed E-state index contributed by atoms with van der Waals surface area (Å²) in [5.41, 5.74) is 10.8. The first-order valence-electron chi connectivity index (χ1n) is 4.24. The highest BCUT2D eigenvalue weighted by Crippen LogP contribution is 2.19. The Labute approximate surface area is 98.6 Å². The van der Waals surface area contributed by atoms with Crippen LogP contribution in [0.1, 0.15) is 6.42 Å². The highest BCUT2D eigenvalue weighted by Gasteiger charge is 2.34. The summed E-state index contributed by atoms with van der Waals surface area (Å²) in [6.07, 6.45) is 0.370. The maximum absolute atomic E-state index is 10.7. The molecule has 15 heavy (non-hydrogen) atoms. The highest BCUT2D eigenvalue weighted by atomic mass is 35.5. The standard InChI is InChI=1S/C7H13ClN4O2.ClH/c8-5-3-4(6(10)7(13)14)12(11-5)2-1-9;/h4,6H,1-3,9-10H2,(H,13,14);1H/t4-,6+;/m1./s1. The van der Waals surface area contributed by atoms with Gasteiger partial charge in [0.15, 0.2) is 0 Å². The summed E-state index contributed by atoms with van der Waals surface area (Å²) >= 11 is 5.71. The summed E-state index contributed by atoms with van der Waals surface area (Å²) < 4.78 is 0. The summed E-state index contributed by atoms with van der Waals surface area (Å²) in [6.45, 7) is 0.846. The van der Waals surface area contributed by atoms with E-state index in [0.29, 0.717) is 24.7 Å². The van der Waals surface area contributed by atoms with Crippen LogP contribution in [0.2, 0.25) is 0 Å². The van der Waals surface area contributed by atoms with Crippen LogP contribution in [0.15, 0.2) is 5.10 Å². The van der Waals surface area contributed by atoms with Crippen LogP contribution >= 0.6 is 24.0 Å². The first kappa shape index (κ1) is 14.4. The van der Waals surface area contributed by atoms with Gasteiger partial charge in [-0.25, -0.2) is 0 Å². The zero-order valence-electron chi connectivity index (χ0n) is 7.97. The Kier molecular flexibility index (Phi) is 5.89. The van der Waals surface area contributed by atoms with Crippen molar-refractivity contribution < 1.29 is 9.90 Å². The molecular weight excluding hydrogens is 243 g/mol. The van der Waals surface area contributed by atoms with Crippen molar-refractivity contribution >= 4 is 35.1 Å². The van der Waals surface area contributed by atoms with Crippen LogP contribution in [-0.4, -0.2) is 46.4 Å². The molecule has 5 N–H and O–H groups in total. The molecule has 0 aliphatic carbocycles. The molecule has 88 valence electrons. The molecule has 0 saturated carbocycles. The Balaban J connectivity index is 0.00000196. The van der Waals surface area contributed by atoms with Crippen LogP contribution in [0.3, 0.4) is 0 Å². The van der Waals surface area contributed by atoms with Crippen LogP contribution in [-0.2, 0) is 4.79 Å². The second-order valence-electron chi connectivity index (χ2n) is 3.06. The molecule has 0 bridgehead atoms. The fraction of sp³-hybridized carbons (Fsp3) is 0.714. The molecule has 0 unspecified atom stereocenters. The first-order chi connectivity index (χ1) is 6.56. The van der Waals surface area contributed by atoms with Gasteiger partial charge in [-0.15, -0.1) is 12.4 Å². The average Bonchev–Trinajstić information content (AvgIpc) is 2.46. The van der Waals surface area contributed by atoms with Crippen molar-refractivity contribution in [2.24, 2.45) is 16.6 Å². The molecule has 0 saturated heterocycles. The predicted molar refractivity (Wildman–Crippen MR) is 60.3 cm³/mol. The van der Waals surface area contributed by atoms with Gasteiger partial charge in [-0.3, -0.25) is 9.80 Å². The van der Waals surface area contributed by atoms with E-state index in [9.17, 15) is 4.79 Å². The molecule has 0 aromatic carbocycles. The minimum absolute atomic E-state index is 0. The van der Waals surface area contributed by atoms with Crippen LogP contribution in [0.5, 0.6) is 0 Å². The van der Waals surface area contributed by atoms with Gasteiger partial charge in [-0.2, -0.15) is 5.10 Å². The number of carbonyl (C=O) groups is 1. The number of nitrogens with two attached hydrogens (primary N) is 2. The lowest BCUT2D eigenvalue weighted by Gasteiger charge is -2.25. The Morgan fingerprint density at radius 2 is 2.40 bits per heavy atom. The summed E-state index contributed by atoms with van der Waals surface area (Å²) in [5.74, 6) is -1.06. The van der Waals surface area contributed by atoms with Gasteiger partial charge in [0.2, 0.25) is 0 Å². The molecule has 1 aliphatic heterocycles. The van der Waals surface area contributed by atoms with E-state index < -0.39 is 12.0 Å². The minimum atomic E-state index is -1.06. The van der Waals surface area contributed by atoms with E-state index in [1.165, 1.54) is 0 Å². The molecule has 1 heterocycles. The topological polar surface area (TPSA) is 105 Å². The lowest BCUT2D eigenvalue weighted by atomic mass is 10.1. The van der Waals surface area contributed by atoms with Crippen molar-refractivity contribution in [2.45, 2.75) is 18.5 Å². The van der Waals surface area contributed by atoms with Gasteiger partial charge in [0.1, 0.15) is 11.2 Å². The van der Waals surface area contributed by atoms with Gasteiger partial charge < -0.3 is 16.6 Å². The van der Waals surface area contributed by atoms with Crippen molar-refractivity contribution in [1.29, 1.82) is 0 Å². The van der Waals surface area contributed by atoms with Gasteiger partial charge >= 0.3 is 5.97 Å². The molecule has 2 atom stereocenters. The van der Waals surface area contributed by atoms with Crippen molar-refractivity contribution in [3.63, 3.8) is 0 Å². The lowest BCUT2D eigenvalue weighted by Crippen LogP contribution is -2.49. The maximum atomic E-state index is 10.7. The molecule has 0 spiro atoms. The number of halogens is 2. The average molecular weight is 257 g/mol. The molecular formula is C7H14Cl2N4O2. The third-order valence-electron chi connectivity index (χ3n) is 2.06. The summed E-state index contributed by atoms with van der Waals surface area (Å²) in [6, 6.07) is -1.37. The molecule has 0 radical (unpaired) electrons. The van der Waals surface area contributed by atoms with Crippen molar-refractivity contribution in [3.8, 4) is 0 Å². The Hall–Kier alpha value is -0.560. The SMILES string of the molecule is Cl.NCCN1N=C(Cl)C[C@@H]1[C@H](N)C(=O)O. The van der Waals surface area contributed by atoms with Crippen LogP contribution < -0.4 is 11.5 Å². The van der Waals surface area contributed by atoms with E-state index in [1.807, 2.05) is 0 Å². The molecule has 6 nitrogen and oxygen atoms in total. The zero-order chi connectivity index (χ0) is 10.7. The normalized spacial score (nSPS) is 21.9. The summed E-state index contributed by atoms with van der Waals surface area (Å²) in [5, 5.41) is 14.6. The van der Waals surface area contributed by atoms with Crippen LogP contribution in [0.25, 0.3) is 0 Å². The number of carboxylic acid groups (broad SMARTS) is 1. The van der Waals surface area contributed by atoms with E-state index in [4.69, 9.17) is 28.2 Å². The van der Waals surface area contributed by atoms with Gasteiger partial charge in [0, 0.05) is 19.5 Å². The van der Waals surface area contributed by atoms with Crippen LogP contribution in [0.4, 0.5) is 0 Å². The van der Waals surface area contributed by atoms with Gasteiger partial charge in [0.25, 0.3) is 0 Å². The fourth-order valence-electron chi connectivity index (χ4n) is 1.36. The molecule has 0 aromatic rings. The number of carboxylic acids is 1. The lowest BCUT2D eigenvalue weighted by molar-refractivity contribution is -0.140. The van der Waals surface area contributed by atoms with Gasteiger partial charge in [0.05, 0.1) is 6.04 Å². The number of hydrazone groups is 1. The first-order valence-corrected chi connectivity index (χ1v) is 4.62. The monoisotopic (exact) mass is 256 g/mol. The molecule has 0 amide bonds. The third kappa shape index (κ3) is 3.49. The van der Waals surface area contributed by atoms with Gasteiger partial charge in [-0.05, 0) is 0 Å². The Morgan fingerprint density at radius 3 is 2.87 bits per heavy atom. The second-order valence-corrected chi connectivity index (χ2v) is 3.50. The molecule has 0 aromatic heterocycles. The number of hydrogen-bond acceptors (Lipinski definition) is 5. The third-order valence-corrected chi connectivity index (χ3v) is 2.29. The summed E-state index contributed by atoms with van der Waals surface area (Å²) in [7, 11) is 0. The highest BCUT2D eigenvalue weighted by molar-refractivity contribution is 6.65. The largest absolute Gasteiger partial charge is 0.480 e. The number of hydrogen-bond donors (Lipinski definition) is 3. The van der Waals surface area contributed by atoms with E-state index >= 15 is 0 Å². The van der Waals surface area contributed by atoms with Gasteiger partial charge in [-0.1, -0.05) is 11.6 Å². The van der Waals surface area contributed by atoms with E-state index in [2.05, 4.69) is 5.10 Å². The Morgan fingerprint density at radius 1 is 1.80 bits per heavy atom. The number of nitrogens with zero attached hydrogens (tertiary/aromatic N) is 2. The predicted octanol–water partition coefficient (Wildman–Crippen LogP) is -0.595. The van der Waals surface area contributed by atoms with E-state index in [1.54, 1.807) is 5.01 Å². The maximum Gasteiger partial charge on any atom is 0.322 e. The fourth-order valence-corrected chi connectivity index (χ4v) is 1.61. The molecule has 0 fully saturated rings.